The molecule has 0 aliphatic carbocycles. The van der Waals surface area contributed by atoms with Crippen LogP contribution in [-0.4, -0.2) is 61.8 Å². The van der Waals surface area contributed by atoms with Gasteiger partial charge in [-0.2, -0.15) is 4.31 Å². The Bertz CT molecular complexity index is 1070. The lowest BCUT2D eigenvalue weighted by Crippen LogP contribution is -2.54. The van der Waals surface area contributed by atoms with Crippen molar-refractivity contribution in [1.82, 2.24) is 14.5 Å². The molecule has 3 N–H and O–H groups in total. The molecule has 0 spiro atoms. The Labute approximate surface area is 191 Å². The fraction of sp³-hybridized carbons (Fsp3) is 0.300. The van der Waals surface area contributed by atoms with Crippen LogP contribution in [0.5, 0.6) is 0 Å². The molecule has 166 valence electrons. The molecule has 1 heterocycles. The lowest BCUT2D eigenvalue weighted by Gasteiger charge is -2.29. The SMILES string of the molecule is NCCNC(=O)C1N(C(=O)c2ccc(Cl)c(Cl)c2)CCN1S(=O)(=O)Cc1ccccc1. The van der Waals surface area contributed by atoms with Crippen LogP contribution in [0.2, 0.25) is 10.0 Å². The first-order chi connectivity index (χ1) is 14.7. The average molecular weight is 485 g/mol. The van der Waals surface area contributed by atoms with Crippen LogP contribution in [0, 0.1) is 0 Å². The van der Waals surface area contributed by atoms with E-state index < -0.39 is 28.0 Å². The van der Waals surface area contributed by atoms with E-state index in [1.807, 2.05) is 0 Å². The summed E-state index contributed by atoms with van der Waals surface area (Å²) >= 11 is 11.9. The Hall–Kier alpha value is -2.17. The van der Waals surface area contributed by atoms with Crippen molar-refractivity contribution in [3.05, 3.63) is 69.7 Å². The fourth-order valence-electron chi connectivity index (χ4n) is 3.33. The Balaban J connectivity index is 1.92. The predicted molar refractivity (Wildman–Crippen MR) is 119 cm³/mol. The Morgan fingerprint density at radius 3 is 2.42 bits per heavy atom. The van der Waals surface area contributed by atoms with E-state index >= 15 is 0 Å². The minimum absolute atomic E-state index is 0.0110. The summed E-state index contributed by atoms with van der Waals surface area (Å²) in [5, 5.41) is 3.05. The van der Waals surface area contributed by atoms with Gasteiger partial charge in [0.25, 0.3) is 11.8 Å². The highest BCUT2D eigenvalue weighted by Crippen LogP contribution is 2.27. The van der Waals surface area contributed by atoms with Crippen molar-refractivity contribution in [3.8, 4) is 0 Å². The van der Waals surface area contributed by atoms with Gasteiger partial charge in [-0.25, -0.2) is 8.42 Å². The van der Waals surface area contributed by atoms with Gasteiger partial charge in [0, 0.05) is 31.7 Å². The molecule has 31 heavy (non-hydrogen) atoms. The van der Waals surface area contributed by atoms with Crippen LogP contribution in [0.4, 0.5) is 0 Å². The van der Waals surface area contributed by atoms with E-state index in [0.717, 1.165) is 4.31 Å². The van der Waals surface area contributed by atoms with Crippen LogP contribution in [0.25, 0.3) is 0 Å². The van der Waals surface area contributed by atoms with Gasteiger partial charge in [0.15, 0.2) is 6.17 Å². The molecule has 1 aliphatic rings. The van der Waals surface area contributed by atoms with Crippen molar-refractivity contribution in [1.29, 1.82) is 0 Å². The number of carbonyl (C=O) groups excluding carboxylic acids is 2. The third-order valence-electron chi connectivity index (χ3n) is 4.78. The summed E-state index contributed by atoms with van der Waals surface area (Å²) in [4.78, 5) is 27.2. The van der Waals surface area contributed by atoms with Gasteiger partial charge in [0.2, 0.25) is 10.0 Å². The van der Waals surface area contributed by atoms with E-state index in [-0.39, 0.29) is 47.5 Å². The summed E-state index contributed by atoms with van der Waals surface area (Å²) < 4.78 is 27.3. The number of rotatable bonds is 7. The number of hydrogen-bond donors (Lipinski definition) is 2. The highest BCUT2D eigenvalue weighted by atomic mass is 35.5. The summed E-state index contributed by atoms with van der Waals surface area (Å²) in [5.74, 6) is -1.43. The van der Waals surface area contributed by atoms with Crippen LogP contribution < -0.4 is 11.1 Å². The first-order valence-corrected chi connectivity index (χ1v) is 11.9. The first-order valence-electron chi connectivity index (χ1n) is 9.52. The molecule has 1 fully saturated rings. The van der Waals surface area contributed by atoms with Crippen LogP contribution >= 0.6 is 23.2 Å². The van der Waals surface area contributed by atoms with Crippen molar-refractivity contribution in [2.75, 3.05) is 26.2 Å². The molecule has 1 saturated heterocycles. The van der Waals surface area contributed by atoms with E-state index in [9.17, 15) is 18.0 Å². The average Bonchev–Trinajstić information content (AvgIpc) is 3.20. The number of nitrogens with two attached hydrogens (primary N) is 1. The molecule has 0 aromatic heterocycles. The van der Waals surface area contributed by atoms with Crippen molar-refractivity contribution in [2.24, 2.45) is 5.73 Å². The fourth-order valence-corrected chi connectivity index (χ4v) is 5.28. The lowest BCUT2D eigenvalue weighted by atomic mass is 10.2. The standard InChI is InChI=1S/C20H22Cl2N4O4S/c21-16-7-6-15(12-17(16)22)20(28)25-10-11-26(19(25)18(27)24-9-8-23)31(29,30)13-14-4-2-1-3-5-14/h1-7,12,19H,8-11,13,23H2,(H,24,27). The highest BCUT2D eigenvalue weighted by molar-refractivity contribution is 7.88. The summed E-state index contributed by atoms with van der Waals surface area (Å²) in [6, 6.07) is 13.0. The third-order valence-corrected chi connectivity index (χ3v) is 7.32. The van der Waals surface area contributed by atoms with Gasteiger partial charge < -0.3 is 16.0 Å². The van der Waals surface area contributed by atoms with Gasteiger partial charge >= 0.3 is 0 Å². The Morgan fingerprint density at radius 2 is 1.77 bits per heavy atom. The second-order valence-electron chi connectivity index (χ2n) is 6.93. The maximum Gasteiger partial charge on any atom is 0.259 e. The minimum atomic E-state index is -3.90. The van der Waals surface area contributed by atoms with Gasteiger partial charge in [-0.1, -0.05) is 53.5 Å². The highest BCUT2D eigenvalue weighted by Gasteiger charge is 2.46. The lowest BCUT2D eigenvalue weighted by molar-refractivity contribution is -0.127. The number of nitrogens with one attached hydrogen (secondary N) is 1. The molecule has 1 atom stereocenters. The van der Waals surface area contributed by atoms with Crippen molar-refractivity contribution in [2.45, 2.75) is 11.9 Å². The van der Waals surface area contributed by atoms with Gasteiger partial charge in [-0.05, 0) is 23.8 Å². The molecular weight excluding hydrogens is 463 g/mol. The molecule has 0 saturated carbocycles. The normalized spacial score (nSPS) is 17.0. The van der Waals surface area contributed by atoms with Gasteiger partial charge in [0.05, 0.1) is 15.8 Å². The zero-order valence-electron chi connectivity index (χ0n) is 16.5. The first kappa shape index (κ1) is 23.5. The molecule has 2 aromatic rings. The van der Waals surface area contributed by atoms with Gasteiger partial charge in [-0.15, -0.1) is 0 Å². The largest absolute Gasteiger partial charge is 0.352 e. The maximum absolute atomic E-state index is 13.1. The van der Waals surface area contributed by atoms with Crippen molar-refractivity contribution >= 4 is 45.0 Å². The second kappa shape index (κ2) is 9.97. The van der Waals surface area contributed by atoms with E-state index in [1.165, 1.54) is 23.1 Å². The predicted octanol–water partition coefficient (Wildman–Crippen LogP) is 1.68. The van der Waals surface area contributed by atoms with E-state index in [2.05, 4.69) is 5.32 Å². The summed E-state index contributed by atoms with van der Waals surface area (Å²) in [5.41, 5.74) is 6.24. The number of amides is 2. The topological polar surface area (TPSA) is 113 Å². The van der Waals surface area contributed by atoms with E-state index in [4.69, 9.17) is 28.9 Å². The molecule has 1 aliphatic heterocycles. The Morgan fingerprint density at radius 1 is 1.06 bits per heavy atom. The van der Waals surface area contributed by atoms with Gasteiger partial charge in [0.1, 0.15) is 0 Å². The summed E-state index contributed by atoms with van der Waals surface area (Å²) in [7, 11) is -3.90. The van der Waals surface area contributed by atoms with E-state index in [0.29, 0.717) is 5.56 Å². The number of sulfonamides is 1. The molecule has 0 radical (unpaired) electrons. The van der Waals surface area contributed by atoms with Crippen LogP contribution in [0.1, 0.15) is 15.9 Å². The molecule has 2 amide bonds. The van der Waals surface area contributed by atoms with Crippen LogP contribution in [-0.2, 0) is 20.6 Å². The maximum atomic E-state index is 13.1. The molecule has 0 bridgehead atoms. The molecule has 2 aromatic carbocycles. The minimum Gasteiger partial charge on any atom is -0.352 e. The summed E-state index contributed by atoms with van der Waals surface area (Å²) in [6.45, 7) is 0.365. The molecular formula is C20H22Cl2N4O4S. The van der Waals surface area contributed by atoms with Crippen molar-refractivity contribution in [3.63, 3.8) is 0 Å². The smallest absolute Gasteiger partial charge is 0.259 e. The van der Waals surface area contributed by atoms with Gasteiger partial charge in [-0.3, -0.25) is 9.59 Å². The van der Waals surface area contributed by atoms with Crippen LogP contribution in [0.3, 0.4) is 0 Å². The van der Waals surface area contributed by atoms with E-state index in [1.54, 1.807) is 30.3 Å². The molecule has 3 rings (SSSR count). The molecule has 11 heteroatoms. The zero-order valence-corrected chi connectivity index (χ0v) is 18.8. The molecule has 1 unspecified atom stereocenters. The number of nitrogens with zero attached hydrogens (tertiary/aromatic N) is 2. The third kappa shape index (κ3) is 5.36. The monoisotopic (exact) mass is 484 g/mol. The number of carbonyl (C=O) groups is 2. The Kier molecular flexibility index (Phi) is 7.55. The summed E-state index contributed by atoms with van der Waals surface area (Å²) in [6.07, 6.45) is -1.33. The number of halogens is 2. The second-order valence-corrected chi connectivity index (χ2v) is 9.67. The quantitative estimate of drug-likeness (QED) is 0.620. The zero-order chi connectivity index (χ0) is 22.6. The number of benzene rings is 2. The van der Waals surface area contributed by atoms with Crippen LogP contribution in [0.15, 0.2) is 48.5 Å². The number of hydrogen-bond acceptors (Lipinski definition) is 5. The molecule has 8 nitrogen and oxygen atoms in total. The van der Waals surface area contributed by atoms with Crippen molar-refractivity contribution < 1.29 is 18.0 Å².